The Hall–Kier alpha value is -3.55. The molecule has 2 aromatic carbocycles. The van der Waals surface area contributed by atoms with Crippen LogP contribution in [-0.4, -0.2) is 38.1 Å². The van der Waals surface area contributed by atoms with Gasteiger partial charge in [-0.15, -0.1) is 0 Å². The molecule has 1 heterocycles. The number of aromatic nitrogens is 2. The maximum absolute atomic E-state index is 11.7. The van der Waals surface area contributed by atoms with E-state index in [1.807, 2.05) is 12.1 Å². The third kappa shape index (κ3) is 4.22. The van der Waals surface area contributed by atoms with Gasteiger partial charge in [0.25, 0.3) is 0 Å². The van der Waals surface area contributed by atoms with Crippen LogP contribution in [0.2, 0.25) is 0 Å². The molecule has 3 aromatic rings. The summed E-state index contributed by atoms with van der Waals surface area (Å²) in [5.74, 6) is 0.348. The average molecular weight is 382 g/mol. The van der Waals surface area contributed by atoms with E-state index in [4.69, 9.17) is 4.74 Å². The van der Waals surface area contributed by atoms with Crippen LogP contribution in [0.25, 0.3) is 22.4 Å². The standard InChI is InChI=1S/C20H22N4O4/c1-20(2,3)28-19(25)21-12-13-5-7-14(8-6-13)18-22-16-10-9-15(23(4)26)11-17(16)24(18)27/h5-11,27H,4,12H2,1-3H3,(H,21,25). The van der Waals surface area contributed by atoms with E-state index in [1.54, 1.807) is 45.0 Å². The van der Waals surface area contributed by atoms with E-state index in [0.717, 1.165) is 10.3 Å². The van der Waals surface area contributed by atoms with E-state index >= 15 is 0 Å². The Kier molecular flexibility index (Phi) is 4.96. The Balaban J connectivity index is 1.77. The van der Waals surface area contributed by atoms with E-state index in [1.165, 1.54) is 6.07 Å². The molecule has 146 valence electrons. The fourth-order valence-corrected chi connectivity index (χ4v) is 2.65. The largest absolute Gasteiger partial charge is 0.619 e. The summed E-state index contributed by atoms with van der Waals surface area (Å²) in [4.78, 5) is 16.1. The smallest absolute Gasteiger partial charge is 0.407 e. The molecule has 0 aliphatic rings. The second kappa shape index (κ2) is 7.22. The van der Waals surface area contributed by atoms with Crippen molar-refractivity contribution in [3.63, 3.8) is 0 Å². The highest BCUT2D eigenvalue weighted by molar-refractivity contribution is 5.82. The van der Waals surface area contributed by atoms with Gasteiger partial charge in [0.15, 0.2) is 5.82 Å². The molecule has 0 atom stereocenters. The fourth-order valence-electron chi connectivity index (χ4n) is 2.65. The van der Waals surface area contributed by atoms with Crippen molar-refractivity contribution >= 4 is 29.5 Å². The highest BCUT2D eigenvalue weighted by Crippen LogP contribution is 2.26. The van der Waals surface area contributed by atoms with Gasteiger partial charge in [-0.3, -0.25) is 0 Å². The Morgan fingerprint density at radius 2 is 1.96 bits per heavy atom. The van der Waals surface area contributed by atoms with Gasteiger partial charge in [-0.25, -0.2) is 9.78 Å². The Labute approximate surface area is 162 Å². The van der Waals surface area contributed by atoms with E-state index in [2.05, 4.69) is 17.0 Å². The molecule has 0 saturated carbocycles. The molecule has 28 heavy (non-hydrogen) atoms. The normalized spacial score (nSPS) is 11.4. The van der Waals surface area contributed by atoms with Crippen LogP contribution in [0.15, 0.2) is 42.5 Å². The zero-order valence-electron chi connectivity index (χ0n) is 16.0. The van der Waals surface area contributed by atoms with Crippen LogP contribution in [-0.2, 0) is 11.3 Å². The molecule has 8 heteroatoms. The number of amides is 1. The molecular formula is C20H22N4O4. The zero-order chi connectivity index (χ0) is 20.5. The minimum atomic E-state index is -0.551. The highest BCUT2D eigenvalue weighted by Gasteiger charge is 2.16. The number of alkyl carbamates (subject to hydrolysis) is 1. The quantitative estimate of drug-likeness (QED) is 0.235. The number of rotatable bonds is 4. The first-order valence-electron chi connectivity index (χ1n) is 8.70. The van der Waals surface area contributed by atoms with Crippen molar-refractivity contribution < 1.29 is 19.5 Å². The van der Waals surface area contributed by atoms with E-state index in [0.29, 0.717) is 39.4 Å². The number of hydrogen-bond donors (Lipinski definition) is 2. The lowest BCUT2D eigenvalue weighted by atomic mass is 10.1. The molecule has 2 N–H and O–H groups in total. The van der Waals surface area contributed by atoms with Crippen LogP contribution >= 0.6 is 0 Å². The molecule has 3 rings (SSSR count). The van der Waals surface area contributed by atoms with Gasteiger partial charge in [-0.1, -0.05) is 24.3 Å². The van der Waals surface area contributed by atoms with Crippen LogP contribution in [0.1, 0.15) is 26.3 Å². The first-order valence-corrected chi connectivity index (χ1v) is 8.70. The first-order chi connectivity index (χ1) is 13.1. The Bertz CT molecular complexity index is 1030. The monoisotopic (exact) mass is 382 g/mol. The molecule has 0 saturated heterocycles. The number of nitrogens with one attached hydrogen (secondary N) is 1. The SMILES string of the molecule is C=[N+]([O-])c1ccc2nc(-c3ccc(CNC(=O)OC(C)(C)C)cc3)n(O)c2c1. The zero-order valence-corrected chi connectivity index (χ0v) is 16.0. The lowest BCUT2D eigenvalue weighted by molar-refractivity contribution is -0.349. The third-order valence-electron chi connectivity index (χ3n) is 3.95. The number of hydrogen-bond acceptors (Lipinski definition) is 5. The topological polar surface area (TPSA) is 102 Å². The molecule has 0 radical (unpaired) electrons. The summed E-state index contributed by atoms with van der Waals surface area (Å²) in [6.45, 7) is 9.02. The van der Waals surface area contributed by atoms with Crippen LogP contribution in [0.3, 0.4) is 0 Å². The number of benzene rings is 2. The Morgan fingerprint density at radius 1 is 1.29 bits per heavy atom. The van der Waals surface area contributed by atoms with Gasteiger partial charge in [-0.05, 0) is 32.4 Å². The lowest BCUT2D eigenvalue weighted by Gasteiger charge is -2.19. The fraction of sp³-hybridized carbons (Fsp3) is 0.250. The molecule has 1 aromatic heterocycles. The van der Waals surface area contributed by atoms with Crippen molar-refractivity contribution in [2.24, 2.45) is 0 Å². The van der Waals surface area contributed by atoms with Crippen LogP contribution in [0, 0.1) is 5.21 Å². The van der Waals surface area contributed by atoms with Crippen molar-refractivity contribution in [2.75, 3.05) is 0 Å². The van der Waals surface area contributed by atoms with E-state index in [-0.39, 0.29) is 0 Å². The average Bonchev–Trinajstić information content (AvgIpc) is 2.95. The minimum absolute atomic E-state index is 0.316. The van der Waals surface area contributed by atoms with Crippen LogP contribution in [0.4, 0.5) is 10.5 Å². The number of imidazole rings is 1. The van der Waals surface area contributed by atoms with Crippen molar-refractivity contribution in [3.05, 3.63) is 53.2 Å². The summed E-state index contributed by atoms with van der Waals surface area (Å²) in [5.41, 5.74) is 2.29. The second-order valence-corrected chi connectivity index (χ2v) is 7.35. The molecule has 0 fully saturated rings. The van der Waals surface area contributed by atoms with Gasteiger partial charge in [0.2, 0.25) is 5.69 Å². The lowest BCUT2D eigenvalue weighted by Crippen LogP contribution is -2.32. The van der Waals surface area contributed by atoms with E-state index in [9.17, 15) is 15.2 Å². The van der Waals surface area contributed by atoms with Crippen molar-refractivity contribution in [1.29, 1.82) is 0 Å². The number of nitrogens with zero attached hydrogens (tertiary/aromatic N) is 3. The van der Waals surface area contributed by atoms with Crippen molar-refractivity contribution in [2.45, 2.75) is 32.9 Å². The van der Waals surface area contributed by atoms with Gasteiger partial charge in [0.1, 0.15) is 17.8 Å². The van der Waals surface area contributed by atoms with Gasteiger partial charge >= 0.3 is 6.09 Å². The molecular weight excluding hydrogens is 360 g/mol. The van der Waals surface area contributed by atoms with E-state index < -0.39 is 11.7 Å². The Morgan fingerprint density at radius 3 is 2.57 bits per heavy atom. The minimum Gasteiger partial charge on any atom is -0.619 e. The third-order valence-corrected chi connectivity index (χ3v) is 3.95. The molecule has 0 aliphatic heterocycles. The molecule has 0 spiro atoms. The molecule has 0 bridgehead atoms. The molecule has 1 amide bonds. The number of fused-ring (bicyclic) bond motifs is 1. The summed E-state index contributed by atoms with van der Waals surface area (Å²) < 4.78 is 6.61. The van der Waals surface area contributed by atoms with Gasteiger partial charge in [-0.2, -0.15) is 9.47 Å². The predicted octanol–water partition coefficient (Wildman–Crippen LogP) is 3.81. The first kappa shape index (κ1) is 19.2. The van der Waals surface area contributed by atoms with Crippen molar-refractivity contribution in [3.8, 4) is 11.4 Å². The number of ether oxygens (including phenoxy) is 1. The number of carbonyl (C=O) groups excluding carboxylic acids is 1. The van der Waals surface area contributed by atoms with Gasteiger partial charge in [0.05, 0.1) is 5.52 Å². The molecule has 0 unspecified atom stereocenters. The van der Waals surface area contributed by atoms with Crippen LogP contribution < -0.4 is 5.32 Å². The number of carbonyl (C=O) groups is 1. The van der Waals surface area contributed by atoms with Gasteiger partial charge in [0, 0.05) is 24.2 Å². The van der Waals surface area contributed by atoms with Crippen LogP contribution in [0.5, 0.6) is 0 Å². The molecule has 8 nitrogen and oxygen atoms in total. The summed E-state index contributed by atoms with van der Waals surface area (Å²) >= 11 is 0. The summed E-state index contributed by atoms with van der Waals surface area (Å²) in [5, 5.41) is 24.5. The second-order valence-electron chi connectivity index (χ2n) is 7.35. The predicted molar refractivity (Wildman–Crippen MR) is 106 cm³/mol. The summed E-state index contributed by atoms with van der Waals surface area (Å²) in [7, 11) is 0. The maximum Gasteiger partial charge on any atom is 0.407 e. The van der Waals surface area contributed by atoms with Crippen molar-refractivity contribution in [1.82, 2.24) is 15.0 Å². The van der Waals surface area contributed by atoms with Gasteiger partial charge < -0.3 is 20.5 Å². The highest BCUT2D eigenvalue weighted by atomic mass is 16.6. The summed E-state index contributed by atoms with van der Waals surface area (Å²) in [6.07, 6.45) is -0.484. The molecule has 0 aliphatic carbocycles. The maximum atomic E-state index is 11.7. The summed E-state index contributed by atoms with van der Waals surface area (Å²) in [6, 6.07) is 12.0.